The van der Waals surface area contributed by atoms with Gasteiger partial charge in [-0.15, -0.1) is 0 Å². The first-order valence-corrected chi connectivity index (χ1v) is 6.47. The Hall–Kier alpha value is -2.56. The fraction of sp³-hybridized carbons (Fsp3) is 0.200. The second-order valence-electron chi connectivity index (χ2n) is 5.01. The van der Waals surface area contributed by atoms with Crippen molar-refractivity contribution in [2.75, 3.05) is 5.73 Å². The Kier molecular flexibility index (Phi) is 2.82. The molecule has 0 saturated heterocycles. The van der Waals surface area contributed by atoms with Gasteiger partial charge in [0.15, 0.2) is 0 Å². The number of hydrogen-bond donors (Lipinski definition) is 1. The molecule has 0 unspecified atom stereocenters. The molecule has 0 fully saturated rings. The molecule has 0 saturated carbocycles. The quantitative estimate of drug-likeness (QED) is 0.776. The predicted octanol–water partition coefficient (Wildman–Crippen LogP) is 2.47. The van der Waals surface area contributed by atoms with Gasteiger partial charge in [0.1, 0.15) is 5.69 Å². The van der Waals surface area contributed by atoms with Gasteiger partial charge in [0, 0.05) is 13.2 Å². The Morgan fingerprint density at radius 2 is 1.95 bits per heavy atom. The van der Waals surface area contributed by atoms with E-state index in [1.165, 1.54) is 11.1 Å². The molecule has 102 valence electrons. The van der Waals surface area contributed by atoms with E-state index < -0.39 is 0 Å². The first-order valence-electron chi connectivity index (χ1n) is 6.47. The van der Waals surface area contributed by atoms with Gasteiger partial charge in [-0.25, -0.2) is 4.68 Å². The summed E-state index contributed by atoms with van der Waals surface area (Å²) in [6.07, 6.45) is 3.59. The van der Waals surface area contributed by atoms with E-state index in [1.807, 2.05) is 24.0 Å². The number of benzene rings is 1. The zero-order chi connectivity index (χ0) is 14.3. The summed E-state index contributed by atoms with van der Waals surface area (Å²) >= 11 is 0. The third-order valence-corrected chi connectivity index (χ3v) is 3.41. The molecule has 0 radical (unpaired) electrons. The fourth-order valence-electron chi connectivity index (χ4n) is 2.38. The lowest BCUT2D eigenvalue weighted by molar-refractivity contribution is 0.769. The monoisotopic (exact) mass is 267 g/mol. The number of hydrogen-bond acceptors (Lipinski definition) is 3. The summed E-state index contributed by atoms with van der Waals surface area (Å²) in [5.41, 5.74) is 11.8. The molecule has 0 aliphatic carbocycles. The molecule has 2 heterocycles. The van der Waals surface area contributed by atoms with Crippen molar-refractivity contribution in [2.24, 2.45) is 7.05 Å². The highest BCUT2D eigenvalue weighted by molar-refractivity contribution is 5.70. The molecule has 0 bridgehead atoms. The topological polar surface area (TPSA) is 61.7 Å². The second kappa shape index (κ2) is 4.52. The van der Waals surface area contributed by atoms with Crippen molar-refractivity contribution in [1.82, 2.24) is 19.6 Å². The third kappa shape index (κ3) is 1.97. The predicted molar refractivity (Wildman–Crippen MR) is 79.7 cm³/mol. The van der Waals surface area contributed by atoms with Gasteiger partial charge in [-0.2, -0.15) is 10.2 Å². The van der Waals surface area contributed by atoms with Crippen LogP contribution in [0.3, 0.4) is 0 Å². The Morgan fingerprint density at radius 3 is 2.60 bits per heavy atom. The van der Waals surface area contributed by atoms with E-state index in [9.17, 15) is 0 Å². The smallest absolute Gasteiger partial charge is 0.134 e. The summed E-state index contributed by atoms with van der Waals surface area (Å²) in [5.74, 6) is 0. The van der Waals surface area contributed by atoms with Crippen molar-refractivity contribution in [3.05, 3.63) is 47.8 Å². The first-order chi connectivity index (χ1) is 9.56. The van der Waals surface area contributed by atoms with Crippen LogP contribution < -0.4 is 5.73 Å². The summed E-state index contributed by atoms with van der Waals surface area (Å²) in [7, 11) is 1.88. The lowest BCUT2D eigenvalue weighted by Crippen LogP contribution is -1.99. The third-order valence-electron chi connectivity index (χ3n) is 3.41. The van der Waals surface area contributed by atoms with E-state index in [0.29, 0.717) is 5.69 Å². The second-order valence-corrected chi connectivity index (χ2v) is 5.01. The molecular formula is C15H17N5. The average molecular weight is 267 g/mol. The van der Waals surface area contributed by atoms with Crippen LogP contribution in [0.2, 0.25) is 0 Å². The largest absolute Gasteiger partial charge is 0.396 e. The lowest BCUT2D eigenvalue weighted by atomic mass is 10.1. The van der Waals surface area contributed by atoms with Crippen molar-refractivity contribution in [1.29, 1.82) is 0 Å². The highest BCUT2D eigenvalue weighted by atomic mass is 15.3. The number of nitrogen functional groups attached to an aromatic ring is 1. The van der Waals surface area contributed by atoms with Gasteiger partial charge >= 0.3 is 0 Å². The number of aryl methyl sites for hydroxylation is 3. The van der Waals surface area contributed by atoms with Crippen LogP contribution in [0, 0.1) is 13.8 Å². The Labute approximate surface area is 117 Å². The fourth-order valence-corrected chi connectivity index (χ4v) is 2.38. The summed E-state index contributed by atoms with van der Waals surface area (Å²) < 4.78 is 3.59. The van der Waals surface area contributed by atoms with E-state index >= 15 is 0 Å². The van der Waals surface area contributed by atoms with E-state index in [4.69, 9.17) is 5.73 Å². The normalized spacial score (nSPS) is 10.9. The molecular weight excluding hydrogens is 250 g/mol. The molecule has 5 heteroatoms. The van der Waals surface area contributed by atoms with Crippen molar-refractivity contribution in [3.8, 4) is 17.1 Å². The molecule has 2 N–H and O–H groups in total. The summed E-state index contributed by atoms with van der Waals surface area (Å²) in [6.45, 7) is 4.15. The van der Waals surface area contributed by atoms with Crippen LogP contribution in [0.15, 0.2) is 36.7 Å². The standard InChI is InChI=1S/C15H17N5/c1-10-4-5-13(11(2)8-10)20-9-12(16)15(18-20)14-6-7-17-19(14)3/h4-9H,16H2,1-3H3. The van der Waals surface area contributed by atoms with Gasteiger partial charge in [0.25, 0.3) is 0 Å². The number of anilines is 1. The first kappa shape index (κ1) is 12.5. The number of nitrogens with zero attached hydrogens (tertiary/aromatic N) is 4. The maximum absolute atomic E-state index is 6.09. The minimum atomic E-state index is 0.647. The van der Waals surface area contributed by atoms with Crippen LogP contribution >= 0.6 is 0 Å². The average Bonchev–Trinajstić information content (AvgIpc) is 2.95. The minimum Gasteiger partial charge on any atom is -0.396 e. The van der Waals surface area contributed by atoms with Crippen LogP contribution in [0.4, 0.5) is 5.69 Å². The molecule has 0 amide bonds. The molecule has 3 rings (SSSR count). The van der Waals surface area contributed by atoms with E-state index in [-0.39, 0.29) is 0 Å². The molecule has 20 heavy (non-hydrogen) atoms. The summed E-state index contributed by atoms with van der Waals surface area (Å²) in [5, 5.41) is 8.76. The Balaban J connectivity index is 2.11. The van der Waals surface area contributed by atoms with Crippen molar-refractivity contribution < 1.29 is 0 Å². The molecule has 0 spiro atoms. The van der Waals surface area contributed by atoms with Crippen LogP contribution in [0.1, 0.15) is 11.1 Å². The SMILES string of the molecule is Cc1ccc(-n2cc(N)c(-c3ccnn3C)n2)c(C)c1. The van der Waals surface area contributed by atoms with Crippen LogP contribution in [0.25, 0.3) is 17.1 Å². The summed E-state index contributed by atoms with van der Waals surface area (Å²) in [6, 6.07) is 8.18. The van der Waals surface area contributed by atoms with Crippen molar-refractivity contribution >= 4 is 5.69 Å². The molecule has 0 aliphatic rings. The molecule has 0 atom stereocenters. The molecule has 0 aliphatic heterocycles. The Bertz CT molecular complexity index is 766. The van der Waals surface area contributed by atoms with E-state index in [1.54, 1.807) is 10.9 Å². The zero-order valence-electron chi connectivity index (χ0n) is 11.8. The van der Waals surface area contributed by atoms with E-state index in [2.05, 4.69) is 42.2 Å². The minimum absolute atomic E-state index is 0.647. The maximum Gasteiger partial charge on any atom is 0.134 e. The van der Waals surface area contributed by atoms with Gasteiger partial charge in [-0.05, 0) is 31.5 Å². The van der Waals surface area contributed by atoms with Crippen molar-refractivity contribution in [2.45, 2.75) is 13.8 Å². The highest BCUT2D eigenvalue weighted by Crippen LogP contribution is 2.25. The van der Waals surface area contributed by atoms with Crippen LogP contribution in [-0.2, 0) is 7.05 Å². The van der Waals surface area contributed by atoms with Crippen molar-refractivity contribution in [3.63, 3.8) is 0 Å². The summed E-state index contributed by atoms with van der Waals surface area (Å²) in [4.78, 5) is 0. The number of aromatic nitrogens is 4. The molecule has 3 aromatic rings. The highest BCUT2D eigenvalue weighted by Gasteiger charge is 2.13. The van der Waals surface area contributed by atoms with Gasteiger partial charge in [-0.1, -0.05) is 17.7 Å². The maximum atomic E-state index is 6.09. The zero-order valence-corrected chi connectivity index (χ0v) is 11.8. The van der Waals surface area contributed by atoms with Gasteiger partial charge in [0.2, 0.25) is 0 Å². The Morgan fingerprint density at radius 1 is 1.15 bits per heavy atom. The van der Waals surface area contributed by atoms with Crippen LogP contribution in [-0.4, -0.2) is 19.6 Å². The molecule has 5 nitrogen and oxygen atoms in total. The van der Waals surface area contributed by atoms with Gasteiger partial charge in [-0.3, -0.25) is 4.68 Å². The number of nitrogens with two attached hydrogens (primary N) is 1. The lowest BCUT2D eigenvalue weighted by Gasteiger charge is -2.06. The van der Waals surface area contributed by atoms with Gasteiger partial charge < -0.3 is 5.73 Å². The van der Waals surface area contributed by atoms with Gasteiger partial charge in [0.05, 0.1) is 23.3 Å². The molecule has 1 aromatic carbocycles. The molecule has 2 aromatic heterocycles. The number of rotatable bonds is 2. The van der Waals surface area contributed by atoms with Crippen LogP contribution in [0.5, 0.6) is 0 Å². The van der Waals surface area contributed by atoms with E-state index in [0.717, 1.165) is 17.1 Å².